The van der Waals surface area contributed by atoms with Gasteiger partial charge in [-0.1, -0.05) is 6.92 Å². The van der Waals surface area contributed by atoms with Crippen molar-refractivity contribution >= 4 is 0 Å². The van der Waals surface area contributed by atoms with E-state index in [-0.39, 0.29) is 0 Å². The maximum absolute atomic E-state index is 5.88. The van der Waals surface area contributed by atoms with Crippen molar-refractivity contribution in [3.63, 3.8) is 0 Å². The summed E-state index contributed by atoms with van der Waals surface area (Å²) in [6.07, 6.45) is 3.51. The van der Waals surface area contributed by atoms with Gasteiger partial charge in [-0.3, -0.25) is 4.98 Å². The maximum atomic E-state index is 5.88. The number of ether oxygens (including phenoxy) is 2. The molecule has 1 aromatic heterocycles. The first-order valence-corrected chi connectivity index (χ1v) is 6.87. The van der Waals surface area contributed by atoms with E-state index in [1.54, 1.807) is 12.4 Å². The van der Waals surface area contributed by atoms with E-state index in [1.165, 1.54) is 0 Å². The summed E-state index contributed by atoms with van der Waals surface area (Å²) in [5.41, 5.74) is 1.09. The molecule has 0 aliphatic carbocycles. The van der Waals surface area contributed by atoms with E-state index in [0.29, 0.717) is 6.61 Å². The molecule has 4 nitrogen and oxygen atoms in total. The summed E-state index contributed by atoms with van der Waals surface area (Å²) >= 11 is 0. The SMILES string of the molecule is CCNCc1ccncc1Oc1ccc(OCC)cc1. The van der Waals surface area contributed by atoms with Gasteiger partial charge in [-0.25, -0.2) is 0 Å². The van der Waals surface area contributed by atoms with Crippen LogP contribution in [0.5, 0.6) is 17.2 Å². The number of nitrogens with one attached hydrogen (secondary N) is 1. The first-order chi connectivity index (χ1) is 9.83. The first kappa shape index (κ1) is 14.3. The lowest BCUT2D eigenvalue weighted by atomic mass is 10.2. The normalized spacial score (nSPS) is 10.3. The summed E-state index contributed by atoms with van der Waals surface area (Å²) in [4.78, 5) is 4.12. The Labute approximate surface area is 119 Å². The second-order valence-electron chi connectivity index (χ2n) is 4.27. The van der Waals surface area contributed by atoms with Crippen molar-refractivity contribution in [1.29, 1.82) is 0 Å². The fourth-order valence-corrected chi connectivity index (χ4v) is 1.80. The Morgan fingerprint density at radius 3 is 2.50 bits per heavy atom. The van der Waals surface area contributed by atoms with E-state index in [4.69, 9.17) is 9.47 Å². The van der Waals surface area contributed by atoms with Crippen LogP contribution in [0, 0.1) is 0 Å². The van der Waals surface area contributed by atoms with Crippen molar-refractivity contribution in [2.24, 2.45) is 0 Å². The fourth-order valence-electron chi connectivity index (χ4n) is 1.80. The van der Waals surface area contributed by atoms with Gasteiger partial charge in [-0.2, -0.15) is 0 Å². The average molecular weight is 272 g/mol. The predicted octanol–water partition coefficient (Wildman–Crippen LogP) is 3.38. The molecule has 0 saturated carbocycles. The fraction of sp³-hybridized carbons (Fsp3) is 0.312. The van der Waals surface area contributed by atoms with Gasteiger partial charge in [0.1, 0.15) is 17.2 Å². The van der Waals surface area contributed by atoms with Gasteiger partial charge < -0.3 is 14.8 Å². The van der Waals surface area contributed by atoms with Crippen LogP contribution in [0.1, 0.15) is 19.4 Å². The molecule has 1 aromatic carbocycles. The van der Waals surface area contributed by atoms with Crippen molar-refractivity contribution in [1.82, 2.24) is 10.3 Å². The number of rotatable bonds is 7. The number of aromatic nitrogens is 1. The zero-order chi connectivity index (χ0) is 14.2. The van der Waals surface area contributed by atoms with Crippen molar-refractivity contribution in [3.8, 4) is 17.2 Å². The Balaban J connectivity index is 2.08. The van der Waals surface area contributed by atoms with Gasteiger partial charge in [-0.05, 0) is 43.8 Å². The van der Waals surface area contributed by atoms with Gasteiger partial charge in [0.25, 0.3) is 0 Å². The predicted molar refractivity (Wildman–Crippen MR) is 79.3 cm³/mol. The van der Waals surface area contributed by atoms with Gasteiger partial charge in [0.15, 0.2) is 0 Å². The summed E-state index contributed by atoms with van der Waals surface area (Å²) in [6, 6.07) is 9.56. The first-order valence-electron chi connectivity index (χ1n) is 6.87. The Morgan fingerprint density at radius 2 is 1.80 bits per heavy atom. The molecule has 0 aliphatic rings. The van der Waals surface area contributed by atoms with Crippen molar-refractivity contribution in [2.75, 3.05) is 13.2 Å². The van der Waals surface area contributed by atoms with E-state index in [9.17, 15) is 0 Å². The molecule has 0 radical (unpaired) electrons. The van der Waals surface area contributed by atoms with Crippen LogP contribution in [0.4, 0.5) is 0 Å². The number of hydrogen-bond donors (Lipinski definition) is 1. The zero-order valence-electron chi connectivity index (χ0n) is 11.9. The van der Waals surface area contributed by atoms with Crippen LogP contribution in [-0.4, -0.2) is 18.1 Å². The summed E-state index contributed by atoms with van der Waals surface area (Å²) in [7, 11) is 0. The molecule has 2 aromatic rings. The van der Waals surface area contributed by atoms with Crippen molar-refractivity contribution in [2.45, 2.75) is 20.4 Å². The van der Waals surface area contributed by atoms with Crippen LogP contribution in [0.2, 0.25) is 0 Å². The summed E-state index contributed by atoms with van der Waals surface area (Å²) in [5, 5.41) is 3.29. The summed E-state index contributed by atoms with van der Waals surface area (Å²) < 4.78 is 11.3. The lowest BCUT2D eigenvalue weighted by Crippen LogP contribution is -2.12. The molecule has 4 heteroatoms. The number of nitrogens with zero attached hydrogens (tertiary/aromatic N) is 1. The Bertz CT molecular complexity index is 526. The molecule has 0 spiro atoms. The smallest absolute Gasteiger partial charge is 0.150 e. The maximum Gasteiger partial charge on any atom is 0.150 e. The molecule has 0 aliphatic heterocycles. The van der Waals surface area contributed by atoms with Gasteiger partial charge in [0.2, 0.25) is 0 Å². The van der Waals surface area contributed by atoms with E-state index >= 15 is 0 Å². The Morgan fingerprint density at radius 1 is 1.05 bits per heavy atom. The van der Waals surface area contributed by atoms with Gasteiger partial charge >= 0.3 is 0 Å². The standard InChI is InChI=1S/C16H20N2O2/c1-3-17-11-13-9-10-18-12-16(13)20-15-7-5-14(6-8-15)19-4-2/h5-10,12,17H,3-4,11H2,1-2H3. The molecular formula is C16H20N2O2. The van der Waals surface area contributed by atoms with E-state index in [0.717, 1.165) is 35.9 Å². The topological polar surface area (TPSA) is 43.4 Å². The molecule has 106 valence electrons. The Hall–Kier alpha value is -2.07. The third-order valence-electron chi connectivity index (χ3n) is 2.80. The third kappa shape index (κ3) is 3.96. The number of hydrogen-bond acceptors (Lipinski definition) is 4. The molecular weight excluding hydrogens is 252 g/mol. The van der Waals surface area contributed by atoms with Crippen LogP contribution in [0.25, 0.3) is 0 Å². The number of benzene rings is 1. The van der Waals surface area contributed by atoms with E-state index in [2.05, 4.69) is 17.2 Å². The van der Waals surface area contributed by atoms with E-state index < -0.39 is 0 Å². The molecule has 0 unspecified atom stereocenters. The molecule has 0 atom stereocenters. The molecule has 0 fully saturated rings. The highest BCUT2D eigenvalue weighted by atomic mass is 16.5. The van der Waals surface area contributed by atoms with Gasteiger partial charge in [0, 0.05) is 18.3 Å². The zero-order valence-corrected chi connectivity index (χ0v) is 11.9. The lowest BCUT2D eigenvalue weighted by molar-refractivity contribution is 0.339. The number of pyridine rings is 1. The van der Waals surface area contributed by atoms with E-state index in [1.807, 2.05) is 37.3 Å². The second kappa shape index (κ2) is 7.50. The highest BCUT2D eigenvalue weighted by molar-refractivity contribution is 5.37. The molecule has 0 saturated heterocycles. The molecule has 1 N–H and O–H groups in total. The average Bonchev–Trinajstić information content (AvgIpc) is 2.49. The van der Waals surface area contributed by atoms with Crippen LogP contribution in [0.15, 0.2) is 42.7 Å². The monoisotopic (exact) mass is 272 g/mol. The Kier molecular flexibility index (Phi) is 5.38. The third-order valence-corrected chi connectivity index (χ3v) is 2.80. The lowest BCUT2D eigenvalue weighted by Gasteiger charge is -2.11. The van der Waals surface area contributed by atoms with Crippen molar-refractivity contribution < 1.29 is 9.47 Å². The highest BCUT2D eigenvalue weighted by Crippen LogP contribution is 2.26. The summed E-state index contributed by atoms with van der Waals surface area (Å²) in [5.74, 6) is 2.40. The molecule has 0 amide bonds. The molecule has 20 heavy (non-hydrogen) atoms. The summed E-state index contributed by atoms with van der Waals surface area (Å²) in [6.45, 7) is 6.40. The molecule has 1 heterocycles. The largest absolute Gasteiger partial charge is 0.494 e. The van der Waals surface area contributed by atoms with Crippen LogP contribution in [-0.2, 0) is 6.54 Å². The van der Waals surface area contributed by atoms with Gasteiger partial charge in [0.05, 0.1) is 12.8 Å². The molecule has 2 rings (SSSR count). The quantitative estimate of drug-likeness (QED) is 0.839. The minimum atomic E-state index is 0.662. The highest BCUT2D eigenvalue weighted by Gasteiger charge is 2.05. The van der Waals surface area contributed by atoms with Crippen LogP contribution < -0.4 is 14.8 Å². The second-order valence-corrected chi connectivity index (χ2v) is 4.27. The van der Waals surface area contributed by atoms with Crippen LogP contribution in [0.3, 0.4) is 0 Å². The van der Waals surface area contributed by atoms with Crippen molar-refractivity contribution in [3.05, 3.63) is 48.3 Å². The molecule has 0 bridgehead atoms. The minimum absolute atomic E-state index is 0.662. The minimum Gasteiger partial charge on any atom is -0.494 e. The van der Waals surface area contributed by atoms with Crippen LogP contribution >= 0.6 is 0 Å². The van der Waals surface area contributed by atoms with Gasteiger partial charge in [-0.15, -0.1) is 0 Å².